The molecule has 9 heteroatoms. The first-order valence-corrected chi connectivity index (χ1v) is 11.1. The van der Waals surface area contributed by atoms with Crippen LogP contribution < -0.4 is 15.5 Å². The zero-order chi connectivity index (χ0) is 22.4. The molecule has 1 aromatic carbocycles. The Hall–Kier alpha value is -1.88. The molecule has 0 saturated carbocycles. The molecule has 2 heterocycles. The van der Waals surface area contributed by atoms with Crippen molar-refractivity contribution in [3.8, 4) is 0 Å². The quantitative estimate of drug-likeness (QED) is 0.311. The Kier molecular flexibility index (Phi) is 10.2. The van der Waals surface area contributed by atoms with Crippen LogP contribution in [0.3, 0.4) is 0 Å². The van der Waals surface area contributed by atoms with Gasteiger partial charge < -0.3 is 20.4 Å². The summed E-state index contributed by atoms with van der Waals surface area (Å²) in [6, 6.07) is 5.49. The zero-order valence-corrected chi connectivity index (χ0v) is 22.1. The third-order valence-corrected chi connectivity index (χ3v) is 5.76. The van der Waals surface area contributed by atoms with Gasteiger partial charge in [0.2, 0.25) is 0 Å². The van der Waals surface area contributed by atoms with Crippen molar-refractivity contribution in [2.24, 2.45) is 12.0 Å². The van der Waals surface area contributed by atoms with Crippen molar-refractivity contribution in [1.82, 2.24) is 25.3 Å². The van der Waals surface area contributed by atoms with E-state index in [0.717, 1.165) is 55.2 Å². The van der Waals surface area contributed by atoms with Gasteiger partial charge in [-0.2, -0.15) is 5.10 Å². The van der Waals surface area contributed by atoms with E-state index in [1.165, 1.54) is 0 Å². The number of benzene rings is 1. The molecule has 1 aromatic heterocycles. The maximum Gasteiger partial charge on any atom is 0.191 e. The number of guanidine groups is 1. The van der Waals surface area contributed by atoms with Crippen molar-refractivity contribution in [2.45, 2.75) is 38.8 Å². The summed E-state index contributed by atoms with van der Waals surface area (Å²) in [6.07, 6.45) is 6.12. The molecule has 32 heavy (non-hydrogen) atoms. The fourth-order valence-corrected chi connectivity index (χ4v) is 4.16. The number of aryl methyl sites for hydroxylation is 2. The van der Waals surface area contributed by atoms with Gasteiger partial charge in [-0.1, -0.05) is 0 Å². The number of hydrogen-bond acceptors (Lipinski definition) is 4. The second kappa shape index (κ2) is 12.4. The topological polar surface area (TPSA) is 60.7 Å². The van der Waals surface area contributed by atoms with E-state index in [9.17, 15) is 4.39 Å². The minimum absolute atomic E-state index is 0. The maximum absolute atomic E-state index is 13.5. The molecular formula is C23H37FIN7. The van der Waals surface area contributed by atoms with E-state index in [-0.39, 0.29) is 41.9 Å². The molecule has 2 N–H and O–H groups in total. The van der Waals surface area contributed by atoms with Crippen molar-refractivity contribution in [2.75, 3.05) is 45.2 Å². The van der Waals surface area contributed by atoms with Gasteiger partial charge in [0, 0.05) is 50.2 Å². The van der Waals surface area contributed by atoms with E-state index in [1.807, 2.05) is 37.1 Å². The molecule has 1 saturated heterocycles. The van der Waals surface area contributed by atoms with Crippen LogP contribution in [0.5, 0.6) is 0 Å². The zero-order valence-electron chi connectivity index (χ0n) is 19.8. The number of piperidine rings is 1. The molecule has 0 amide bonds. The normalized spacial score (nSPS) is 17.8. The van der Waals surface area contributed by atoms with Crippen LogP contribution in [0.1, 0.15) is 36.9 Å². The van der Waals surface area contributed by atoms with Crippen LogP contribution in [0.4, 0.5) is 10.1 Å². The molecule has 0 spiro atoms. The number of rotatable bonds is 7. The Bertz CT molecular complexity index is 883. The molecule has 1 aliphatic heterocycles. The molecule has 1 aliphatic rings. The fraction of sp³-hybridized carbons (Fsp3) is 0.565. The Morgan fingerprint density at radius 1 is 1.38 bits per heavy atom. The molecule has 0 aliphatic carbocycles. The van der Waals surface area contributed by atoms with Gasteiger partial charge in [0.1, 0.15) is 5.82 Å². The van der Waals surface area contributed by atoms with E-state index in [1.54, 1.807) is 12.1 Å². The minimum atomic E-state index is -0.182. The number of nitrogens with one attached hydrogen (secondary N) is 2. The summed E-state index contributed by atoms with van der Waals surface area (Å²) in [7, 11) is 6.07. The van der Waals surface area contributed by atoms with Crippen LogP contribution in [0.25, 0.3) is 0 Å². The molecule has 0 radical (unpaired) electrons. The lowest BCUT2D eigenvalue weighted by molar-refractivity contribution is 0.306. The third kappa shape index (κ3) is 7.06. The Morgan fingerprint density at radius 2 is 2.16 bits per heavy atom. The average Bonchev–Trinajstić information content (AvgIpc) is 3.14. The van der Waals surface area contributed by atoms with E-state index in [2.05, 4.69) is 46.6 Å². The van der Waals surface area contributed by atoms with E-state index in [4.69, 9.17) is 4.99 Å². The van der Waals surface area contributed by atoms with Crippen molar-refractivity contribution < 1.29 is 4.39 Å². The predicted octanol–water partition coefficient (Wildman–Crippen LogP) is 3.31. The fourth-order valence-electron chi connectivity index (χ4n) is 4.16. The lowest BCUT2D eigenvalue weighted by Gasteiger charge is -2.36. The van der Waals surface area contributed by atoms with Gasteiger partial charge in [-0.3, -0.25) is 9.67 Å². The van der Waals surface area contributed by atoms with Gasteiger partial charge in [0.15, 0.2) is 5.96 Å². The summed E-state index contributed by atoms with van der Waals surface area (Å²) in [5, 5.41) is 11.3. The van der Waals surface area contributed by atoms with Crippen molar-refractivity contribution in [3.05, 3.63) is 47.5 Å². The molecule has 2 aromatic rings. The van der Waals surface area contributed by atoms with Crippen LogP contribution in [0, 0.1) is 12.7 Å². The van der Waals surface area contributed by atoms with Gasteiger partial charge in [0.05, 0.1) is 18.8 Å². The second-order valence-electron chi connectivity index (χ2n) is 8.51. The summed E-state index contributed by atoms with van der Waals surface area (Å²) >= 11 is 0. The highest BCUT2D eigenvalue weighted by Gasteiger charge is 2.23. The summed E-state index contributed by atoms with van der Waals surface area (Å²) in [5.41, 5.74) is 3.24. The summed E-state index contributed by atoms with van der Waals surface area (Å²) in [4.78, 5) is 9.40. The molecule has 2 atom stereocenters. The number of nitrogens with zero attached hydrogens (tertiary/aromatic N) is 5. The maximum atomic E-state index is 13.5. The number of hydrogen-bond donors (Lipinski definition) is 2. The van der Waals surface area contributed by atoms with Gasteiger partial charge >= 0.3 is 0 Å². The summed E-state index contributed by atoms with van der Waals surface area (Å²) in [6.45, 7) is 7.36. The van der Waals surface area contributed by atoms with Gasteiger partial charge in [-0.15, -0.1) is 24.0 Å². The highest BCUT2D eigenvalue weighted by Crippen LogP contribution is 2.24. The van der Waals surface area contributed by atoms with Crippen molar-refractivity contribution in [3.63, 3.8) is 0 Å². The smallest absolute Gasteiger partial charge is 0.191 e. The number of likely N-dealkylation sites (N-methyl/N-ethyl adjacent to an activating group) is 1. The molecule has 1 fully saturated rings. The minimum Gasteiger partial charge on any atom is -0.369 e. The molecular weight excluding hydrogens is 520 g/mol. The highest BCUT2D eigenvalue weighted by atomic mass is 127. The van der Waals surface area contributed by atoms with Crippen molar-refractivity contribution in [1.29, 1.82) is 0 Å². The number of aliphatic imine (C=N–C) groups is 1. The summed E-state index contributed by atoms with van der Waals surface area (Å²) in [5.74, 6) is 0.652. The van der Waals surface area contributed by atoms with Gasteiger partial charge in [-0.25, -0.2) is 4.39 Å². The second-order valence-corrected chi connectivity index (χ2v) is 8.51. The van der Waals surface area contributed by atoms with Crippen LogP contribution in [0.15, 0.2) is 35.6 Å². The standard InChI is InChI=1S/C23H36FN7.HI/c1-6-25-23(26-14-22(29(3)4)18-13-27-30(5)15-18)28-20-8-7-11-31(16-20)21-10-9-19(24)12-17(21)2;/h9-10,12-13,15,20,22H,6-8,11,14,16H2,1-5H3,(H2,25,26,28);1H. The van der Waals surface area contributed by atoms with Crippen LogP contribution in [-0.4, -0.2) is 67.0 Å². The van der Waals surface area contributed by atoms with E-state index < -0.39 is 0 Å². The Labute approximate surface area is 208 Å². The Morgan fingerprint density at radius 3 is 2.78 bits per heavy atom. The van der Waals surface area contributed by atoms with Gasteiger partial charge in [-0.05, 0) is 64.5 Å². The lowest BCUT2D eigenvalue weighted by Crippen LogP contribution is -2.51. The Balaban J connectivity index is 0.00000363. The number of anilines is 1. The summed E-state index contributed by atoms with van der Waals surface area (Å²) < 4.78 is 15.3. The molecule has 2 unspecified atom stereocenters. The molecule has 0 bridgehead atoms. The first kappa shape index (κ1) is 26.4. The molecule has 3 rings (SSSR count). The first-order valence-electron chi connectivity index (χ1n) is 11.1. The van der Waals surface area contributed by atoms with Gasteiger partial charge in [0.25, 0.3) is 0 Å². The van der Waals surface area contributed by atoms with Crippen LogP contribution in [0.2, 0.25) is 0 Å². The predicted molar refractivity (Wildman–Crippen MR) is 141 cm³/mol. The lowest BCUT2D eigenvalue weighted by atomic mass is 10.0. The van der Waals surface area contributed by atoms with E-state index >= 15 is 0 Å². The number of aromatic nitrogens is 2. The molecule has 178 valence electrons. The van der Waals surface area contributed by atoms with Crippen molar-refractivity contribution >= 4 is 35.6 Å². The monoisotopic (exact) mass is 557 g/mol. The van der Waals surface area contributed by atoms with E-state index in [0.29, 0.717) is 6.54 Å². The molecule has 7 nitrogen and oxygen atoms in total. The highest BCUT2D eigenvalue weighted by molar-refractivity contribution is 14.0. The largest absolute Gasteiger partial charge is 0.369 e. The SMILES string of the molecule is CCNC(=NCC(c1cnn(C)c1)N(C)C)NC1CCCN(c2ccc(F)cc2C)C1.I. The van der Waals surface area contributed by atoms with Crippen LogP contribution in [-0.2, 0) is 7.05 Å². The number of halogens is 2. The van der Waals surface area contributed by atoms with Crippen LogP contribution >= 0.6 is 24.0 Å². The third-order valence-electron chi connectivity index (χ3n) is 5.76. The first-order chi connectivity index (χ1) is 14.9. The average molecular weight is 558 g/mol.